The van der Waals surface area contributed by atoms with Crippen molar-refractivity contribution in [2.75, 3.05) is 13.1 Å². The lowest BCUT2D eigenvalue weighted by molar-refractivity contribution is -0.123. The second-order valence-electron chi connectivity index (χ2n) is 6.19. The van der Waals surface area contributed by atoms with Gasteiger partial charge < -0.3 is 10.6 Å². The molecule has 2 fully saturated rings. The SMILES string of the molecule is CC(CC(=O)NC1CCCNC1)C1CCCCC1. The van der Waals surface area contributed by atoms with Gasteiger partial charge in [0.1, 0.15) is 0 Å². The zero-order valence-corrected chi connectivity index (χ0v) is 11.7. The Hall–Kier alpha value is -0.570. The van der Waals surface area contributed by atoms with E-state index in [0.717, 1.165) is 31.8 Å². The highest BCUT2D eigenvalue weighted by Gasteiger charge is 2.23. The maximum absolute atomic E-state index is 12.0. The van der Waals surface area contributed by atoms with Crippen molar-refractivity contribution in [2.24, 2.45) is 11.8 Å². The largest absolute Gasteiger partial charge is 0.352 e. The number of carbonyl (C=O) groups excluding carboxylic acids is 1. The van der Waals surface area contributed by atoms with E-state index in [1.807, 2.05) is 0 Å². The molecule has 2 rings (SSSR count). The second-order valence-corrected chi connectivity index (χ2v) is 6.19. The number of hydrogen-bond acceptors (Lipinski definition) is 2. The Bertz CT molecular complexity index is 255. The van der Waals surface area contributed by atoms with Gasteiger partial charge in [-0.05, 0) is 31.2 Å². The summed E-state index contributed by atoms with van der Waals surface area (Å²) < 4.78 is 0. The van der Waals surface area contributed by atoms with E-state index >= 15 is 0 Å². The molecule has 0 radical (unpaired) electrons. The van der Waals surface area contributed by atoms with Crippen molar-refractivity contribution in [1.29, 1.82) is 0 Å². The van der Waals surface area contributed by atoms with Gasteiger partial charge in [-0.15, -0.1) is 0 Å². The third-order valence-corrected chi connectivity index (χ3v) is 4.62. The number of piperidine rings is 1. The Labute approximate surface area is 111 Å². The fourth-order valence-corrected chi connectivity index (χ4v) is 3.42. The van der Waals surface area contributed by atoms with Crippen LogP contribution in [0.25, 0.3) is 0 Å². The highest BCUT2D eigenvalue weighted by molar-refractivity contribution is 5.76. The van der Waals surface area contributed by atoms with Crippen LogP contribution >= 0.6 is 0 Å². The Morgan fingerprint density at radius 1 is 1.22 bits per heavy atom. The van der Waals surface area contributed by atoms with Crippen molar-refractivity contribution < 1.29 is 4.79 Å². The Morgan fingerprint density at radius 3 is 2.67 bits per heavy atom. The third-order valence-electron chi connectivity index (χ3n) is 4.62. The molecule has 0 aromatic heterocycles. The van der Waals surface area contributed by atoms with Gasteiger partial charge >= 0.3 is 0 Å². The summed E-state index contributed by atoms with van der Waals surface area (Å²) >= 11 is 0. The maximum Gasteiger partial charge on any atom is 0.220 e. The topological polar surface area (TPSA) is 41.1 Å². The number of amides is 1. The molecular formula is C15H28N2O. The molecule has 1 heterocycles. The number of carbonyl (C=O) groups is 1. The van der Waals surface area contributed by atoms with Crippen LogP contribution in [0, 0.1) is 11.8 Å². The van der Waals surface area contributed by atoms with Crippen LogP contribution in [0.3, 0.4) is 0 Å². The normalized spacial score (nSPS) is 27.7. The van der Waals surface area contributed by atoms with Crippen LogP contribution in [0.15, 0.2) is 0 Å². The molecule has 1 aliphatic heterocycles. The quantitative estimate of drug-likeness (QED) is 0.807. The van der Waals surface area contributed by atoms with Gasteiger partial charge in [-0.2, -0.15) is 0 Å². The van der Waals surface area contributed by atoms with E-state index < -0.39 is 0 Å². The zero-order valence-electron chi connectivity index (χ0n) is 11.7. The van der Waals surface area contributed by atoms with Crippen LogP contribution in [0.4, 0.5) is 0 Å². The van der Waals surface area contributed by atoms with Gasteiger partial charge in [0, 0.05) is 19.0 Å². The van der Waals surface area contributed by atoms with Crippen molar-refractivity contribution in [3.05, 3.63) is 0 Å². The summed E-state index contributed by atoms with van der Waals surface area (Å²) in [4.78, 5) is 12.0. The van der Waals surface area contributed by atoms with E-state index in [2.05, 4.69) is 17.6 Å². The fourth-order valence-electron chi connectivity index (χ4n) is 3.42. The monoisotopic (exact) mass is 252 g/mol. The van der Waals surface area contributed by atoms with E-state index in [1.165, 1.54) is 38.5 Å². The summed E-state index contributed by atoms with van der Waals surface area (Å²) in [5.41, 5.74) is 0. The summed E-state index contributed by atoms with van der Waals surface area (Å²) in [5, 5.41) is 6.53. The lowest BCUT2D eigenvalue weighted by Gasteiger charge is -2.28. The fraction of sp³-hybridized carbons (Fsp3) is 0.933. The van der Waals surface area contributed by atoms with Crippen LogP contribution < -0.4 is 10.6 Å². The number of nitrogens with one attached hydrogen (secondary N) is 2. The molecule has 3 nitrogen and oxygen atoms in total. The molecule has 2 atom stereocenters. The van der Waals surface area contributed by atoms with Gasteiger partial charge in [-0.1, -0.05) is 39.0 Å². The summed E-state index contributed by atoms with van der Waals surface area (Å²) in [6, 6.07) is 0.366. The first-order valence-corrected chi connectivity index (χ1v) is 7.76. The molecule has 1 aliphatic carbocycles. The van der Waals surface area contributed by atoms with Gasteiger partial charge in [0.15, 0.2) is 0 Å². The number of rotatable bonds is 4. The number of hydrogen-bond donors (Lipinski definition) is 2. The van der Waals surface area contributed by atoms with Crippen LogP contribution in [0.1, 0.15) is 58.3 Å². The third kappa shape index (κ3) is 4.27. The van der Waals surface area contributed by atoms with Crippen LogP contribution in [0.2, 0.25) is 0 Å². The second kappa shape index (κ2) is 7.13. The van der Waals surface area contributed by atoms with Crippen molar-refractivity contribution in [2.45, 2.75) is 64.3 Å². The maximum atomic E-state index is 12.0. The lowest BCUT2D eigenvalue weighted by Crippen LogP contribution is -2.46. The minimum Gasteiger partial charge on any atom is -0.352 e. The molecular weight excluding hydrogens is 224 g/mol. The van der Waals surface area contributed by atoms with Gasteiger partial charge in [0.2, 0.25) is 5.91 Å². The first-order chi connectivity index (χ1) is 8.75. The average molecular weight is 252 g/mol. The summed E-state index contributed by atoms with van der Waals surface area (Å²) in [6.07, 6.45) is 9.83. The molecule has 0 aromatic rings. The summed E-state index contributed by atoms with van der Waals surface area (Å²) in [6.45, 7) is 4.31. The molecule has 1 saturated heterocycles. The molecule has 104 valence electrons. The molecule has 18 heavy (non-hydrogen) atoms. The minimum atomic E-state index is 0.266. The first-order valence-electron chi connectivity index (χ1n) is 7.76. The Morgan fingerprint density at radius 2 is 2.00 bits per heavy atom. The first kappa shape index (κ1) is 13.9. The van der Waals surface area contributed by atoms with E-state index in [0.29, 0.717) is 12.0 Å². The lowest BCUT2D eigenvalue weighted by atomic mass is 9.79. The Kier molecular flexibility index (Phi) is 5.48. The van der Waals surface area contributed by atoms with E-state index in [1.54, 1.807) is 0 Å². The molecule has 2 unspecified atom stereocenters. The molecule has 0 aromatic carbocycles. The highest BCUT2D eigenvalue weighted by atomic mass is 16.1. The predicted molar refractivity (Wildman–Crippen MR) is 74.4 cm³/mol. The molecule has 3 heteroatoms. The van der Waals surface area contributed by atoms with Crippen molar-refractivity contribution in [1.82, 2.24) is 10.6 Å². The molecule has 0 bridgehead atoms. The summed E-state index contributed by atoms with van der Waals surface area (Å²) in [5.74, 6) is 1.61. The van der Waals surface area contributed by atoms with E-state index in [-0.39, 0.29) is 5.91 Å². The predicted octanol–water partition coefficient (Wildman–Crippen LogP) is 2.46. The van der Waals surface area contributed by atoms with Gasteiger partial charge in [0.05, 0.1) is 0 Å². The molecule has 0 spiro atoms. The molecule has 1 amide bonds. The van der Waals surface area contributed by atoms with Crippen LogP contribution in [0.5, 0.6) is 0 Å². The van der Waals surface area contributed by atoms with E-state index in [4.69, 9.17) is 0 Å². The van der Waals surface area contributed by atoms with Crippen molar-refractivity contribution in [3.63, 3.8) is 0 Å². The summed E-state index contributed by atoms with van der Waals surface area (Å²) in [7, 11) is 0. The average Bonchev–Trinajstić information content (AvgIpc) is 2.40. The van der Waals surface area contributed by atoms with Crippen LogP contribution in [-0.2, 0) is 4.79 Å². The van der Waals surface area contributed by atoms with Gasteiger partial charge in [-0.3, -0.25) is 4.79 Å². The van der Waals surface area contributed by atoms with Crippen molar-refractivity contribution >= 4 is 5.91 Å². The van der Waals surface area contributed by atoms with Gasteiger partial charge in [-0.25, -0.2) is 0 Å². The van der Waals surface area contributed by atoms with Gasteiger partial charge in [0.25, 0.3) is 0 Å². The zero-order chi connectivity index (χ0) is 12.8. The standard InChI is InChI=1S/C15H28N2O/c1-12(13-6-3-2-4-7-13)10-15(18)17-14-8-5-9-16-11-14/h12-14,16H,2-11H2,1H3,(H,17,18). The molecule has 2 N–H and O–H groups in total. The smallest absolute Gasteiger partial charge is 0.220 e. The Balaban J connectivity index is 1.68. The molecule has 1 saturated carbocycles. The molecule has 2 aliphatic rings. The van der Waals surface area contributed by atoms with E-state index in [9.17, 15) is 4.79 Å². The highest BCUT2D eigenvalue weighted by Crippen LogP contribution is 2.31. The minimum absolute atomic E-state index is 0.266. The van der Waals surface area contributed by atoms with Crippen LogP contribution in [-0.4, -0.2) is 25.0 Å². The van der Waals surface area contributed by atoms with Crippen molar-refractivity contribution in [3.8, 4) is 0 Å².